The van der Waals surface area contributed by atoms with Crippen molar-refractivity contribution in [1.82, 2.24) is 9.55 Å². The van der Waals surface area contributed by atoms with Crippen LogP contribution in [0.25, 0.3) is 11.1 Å². The topological polar surface area (TPSA) is 119 Å². The van der Waals surface area contributed by atoms with Gasteiger partial charge in [0.1, 0.15) is 17.5 Å². The third-order valence-electron chi connectivity index (χ3n) is 4.75. The fraction of sp³-hybridized carbons (Fsp3) is 0.143. The molecule has 0 unspecified atom stereocenters. The molecule has 170 valence electrons. The van der Waals surface area contributed by atoms with E-state index in [0.717, 1.165) is 10.6 Å². The highest BCUT2D eigenvalue weighted by molar-refractivity contribution is 6.13. The van der Waals surface area contributed by atoms with E-state index < -0.39 is 34.8 Å². The second-order valence-corrected chi connectivity index (χ2v) is 7.02. The molecule has 4 rings (SSSR count). The molecule has 4 aromatic rings. The molecule has 0 aliphatic carbocycles. The van der Waals surface area contributed by atoms with Crippen molar-refractivity contribution < 1.29 is 31.6 Å². The third-order valence-corrected chi connectivity index (χ3v) is 4.75. The Morgan fingerprint density at radius 3 is 2.55 bits per heavy atom. The zero-order valence-electron chi connectivity index (χ0n) is 17.1. The van der Waals surface area contributed by atoms with Crippen LogP contribution in [0.15, 0.2) is 56.6 Å². The van der Waals surface area contributed by atoms with Crippen LogP contribution in [0.5, 0.6) is 0 Å². The van der Waals surface area contributed by atoms with E-state index in [0.29, 0.717) is 6.07 Å². The molecule has 0 aliphatic rings. The third kappa shape index (κ3) is 4.10. The number of hydrogen-bond donors (Lipinski definition) is 2. The molecule has 9 nitrogen and oxygen atoms in total. The maximum Gasteiger partial charge on any atom is 0.418 e. The first-order chi connectivity index (χ1) is 15.6. The van der Waals surface area contributed by atoms with E-state index in [4.69, 9.17) is 8.83 Å². The summed E-state index contributed by atoms with van der Waals surface area (Å²) < 4.78 is 52.5. The average molecular weight is 460 g/mol. The lowest BCUT2D eigenvalue weighted by Crippen LogP contribution is -2.22. The van der Waals surface area contributed by atoms with Gasteiger partial charge < -0.3 is 24.0 Å². The minimum Gasteiger partial charge on any atom is -0.459 e. The summed E-state index contributed by atoms with van der Waals surface area (Å²) in [7, 11) is 1.41. The summed E-state index contributed by atoms with van der Waals surface area (Å²) in [5, 5.41) is 4.33. The molecule has 12 heteroatoms. The molecule has 0 atom stereocenters. The normalized spacial score (nSPS) is 11.5. The van der Waals surface area contributed by atoms with Gasteiger partial charge in [-0.1, -0.05) is 0 Å². The monoisotopic (exact) mass is 460 g/mol. The summed E-state index contributed by atoms with van der Waals surface area (Å²) in [5.74, 6) is -1.78. The molecule has 0 saturated heterocycles. The summed E-state index contributed by atoms with van der Waals surface area (Å²) in [6, 6.07) is 5.67. The first-order valence-corrected chi connectivity index (χ1v) is 9.38. The van der Waals surface area contributed by atoms with Crippen molar-refractivity contribution in [2.24, 2.45) is 7.05 Å². The zero-order chi connectivity index (χ0) is 23.9. The second kappa shape index (κ2) is 7.97. The number of nitrogens with zero attached hydrogens (tertiary/aromatic N) is 2. The van der Waals surface area contributed by atoms with Crippen LogP contribution in [0.3, 0.4) is 0 Å². The molecule has 0 bridgehead atoms. The molecular weight excluding hydrogens is 445 g/mol. The van der Waals surface area contributed by atoms with Crippen molar-refractivity contribution in [2.75, 3.05) is 10.6 Å². The van der Waals surface area contributed by atoms with E-state index in [1.165, 1.54) is 44.8 Å². The van der Waals surface area contributed by atoms with Crippen LogP contribution in [-0.2, 0) is 13.2 Å². The first kappa shape index (κ1) is 21.9. The van der Waals surface area contributed by atoms with Gasteiger partial charge in [0.05, 0.1) is 23.1 Å². The van der Waals surface area contributed by atoms with Crippen LogP contribution >= 0.6 is 0 Å². The van der Waals surface area contributed by atoms with Crippen molar-refractivity contribution in [3.8, 4) is 0 Å². The van der Waals surface area contributed by atoms with Crippen LogP contribution in [0, 0.1) is 6.92 Å². The highest BCUT2D eigenvalue weighted by Gasteiger charge is 2.35. The number of carbonyl (C=O) groups is 2. The number of fused-ring (bicyclic) bond motifs is 1. The van der Waals surface area contributed by atoms with Gasteiger partial charge in [-0.3, -0.25) is 14.4 Å². The van der Waals surface area contributed by atoms with Gasteiger partial charge in [0, 0.05) is 12.7 Å². The fourth-order valence-electron chi connectivity index (χ4n) is 3.21. The van der Waals surface area contributed by atoms with Gasteiger partial charge in [-0.15, -0.1) is 0 Å². The number of rotatable bonds is 4. The Morgan fingerprint density at radius 1 is 1.12 bits per heavy atom. The number of nitrogens with one attached hydrogen (secondary N) is 2. The van der Waals surface area contributed by atoms with Crippen molar-refractivity contribution in [3.05, 3.63) is 75.9 Å². The number of halogens is 3. The Labute approximate surface area is 182 Å². The molecule has 0 fully saturated rings. The van der Waals surface area contributed by atoms with Crippen molar-refractivity contribution >= 4 is 34.3 Å². The Hall–Kier alpha value is -4.35. The van der Waals surface area contributed by atoms with Crippen molar-refractivity contribution in [2.45, 2.75) is 13.1 Å². The molecule has 33 heavy (non-hydrogen) atoms. The fourth-order valence-corrected chi connectivity index (χ4v) is 3.21. The lowest BCUT2D eigenvalue weighted by atomic mass is 10.1. The summed E-state index contributed by atoms with van der Waals surface area (Å²) in [5.41, 5.74) is -2.85. The van der Waals surface area contributed by atoms with Crippen molar-refractivity contribution in [3.63, 3.8) is 0 Å². The van der Waals surface area contributed by atoms with Gasteiger partial charge in [-0.25, -0.2) is 4.98 Å². The minimum atomic E-state index is -4.86. The Balaban J connectivity index is 1.70. The van der Waals surface area contributed by atoms with Gasteiger partial charge in [0.15, 0.2) is 5.76 Å². The molecule has 2 amide bonds. The largest absolute Gasteiger partial charge is 0.459 e. The second-order valence-electron chi connectivity index (χ2n) is 7.02. The number of benzene rings is 1. The van der Waals surface area contributed by atoms with Crippen LogP contribution in [-0.4, -0.2) is 21.4 Å². The van der Waals surface area contributed by atoms with E-state index in [1.54, 1.807) is 0 Å². The maximum absolute atomic E-state index is 13.7. The van der Waals surface area contributed by atoms with Gasteiger partial charge in [-0.05, 0) is 37.3 Å². The predicted octanol–water partition coefficient (Wildman–Crippen LogP) is 3.95. The smallest absolute Gasteiger partial charge is 0.418 e. The van der Waals surface area contributed by atoms with E-state index >= 15 is 0 Å². The van der Waals surface area contributed by atoms with E-state index in [-0.39, 0.29) is 33.9 Å². The van der Waals surface area contributed by atoms with Crippen LogP contribution in [0.2, 0.25) is 0 Å². The summed E-state index contributed by atoms with van der Waals surface area (Å²) >= 11 is 0. The highest BCUT2D eigenvalue weighted by atomic mass is 19.4. The number of amides is 2. The molecule has 3 heterocycles. The summed E-state index contributed by atoms with van der Waals surface area (Å²) in [6.07, 6.45) is -2.41. The molecule has 0 saturated carbocycles. The van der Waals surface area contributed by atoms with Gasteiger partial charge >= 0.3 is 6.18 Å². The number of anilines is 2. The van der Waals surface area contributed by atoms with Crippen molar-refractivity contribution in [1.29, 1.82) is 0 Å². The quantitative estimate of drug-likeness (QED) is 0.476. The molecule has 0 spiro atoms. The number of aryl methyl sites for hydroxylation is 2. The molecule has 2 N–H and O–H groups in total. The van der Waals surface area contributed by atoms with E-state index in [1.807, 2.05) is 0 Å². The van der Waals surface area contributed by atoms with E-state index in [2.05, 4.69) is 15.6 Å². The van der Waals surface area contributed by atoms with Crippen LogP contribution in [0.4, 0.5) is 24.5 Å². The molecule has 3 aromatic heterocycles. The zero-order valence-corrected chi connectivity index (χ0v) is 17.1. The van der Waals surface area contributed by atoms with Crippen LogP contribution < -0.4 is 16.2 Å². The average Bonchev–Trinajstić information content (AvgIpc) is 3.39. The molecular formula is C21H15F3N4O5. The van der Waals surface area contributed by atoms with Gasteiger partial charge in [-0.2, -0.15) is 13.2 Å². The number of furan rings is 2. The lowest BCUT2D eigenvalue weighted by molar-refractivity contribution is -0.136. The van der Waals surface area contributed by atoms with Gasteiger partial charge in [0.25, 0.3) is 17.4 Å². The standard InChI is InChI=1S/C21H15F3N4O5/c1-10-15(16-19(33-10)25-9-28(2)20(16)31)18(30)27-13-6-5-11(8-12(13)21(22,23)24)26-17(29)14-4-3-7-32-14/h3-9H,1-2H3,(H,26,29)(H,27,30). The minimum absolute atomic E-state index is 0.0224. The van der Waals surface area contributed by atoms with Crippen LogP contribution in [0.1, 0.15) is 32.2 Å². The highest BCUT2D eigenvalue weighted by Crippen LogP contribution is 2.37. The number of carbonyl (C=O) groups excluding carboxylic acids is 2. The molecule has 0 aliphatic heterocycles. The van der Waals surface area contributed by atoms with Gasteiger partial charge in [0.2, 0.25) is 5.71 Å². The number of hydrogen-bond acceptors (Lipinski definition) is 6. The lowest BCUT2D eigenvalue weighted by Gasteiger charge is -2.15. The molecule has 1 aromatic carbocycles. The Kier molecular flexibility index (Phi) is 5.28. The maximum atomic E-state index is 13.7. The molecule has 0 radical (unpaired) electrons. The SMILES string of the molecule is Cc1oc2ncn(C)c(=O)c2c1C(=O)Nc1ccc(NC(=O)c2ccco2)cc1C(F)(F)F. The number of alkyl halides is 3. The summed E-state index contributed by atoms with van der Waals surface area (Å²) in [6.45, 7) is 1.40. The van der Waals surface area contributed by atoms with E-state index in [9.17, 15) is 27.6 Å². The summed E-state index contributed by atoms with van der Waals surface area (Å²) in [4.78, 5) is 41.3. The number of aromatic nitrogens is 2. The Morgan fingerprint density at radius 2 is 1.88 bits per heavy atom. The predicted molar refractivity (Wildman–Crippen MR) is 110 cm³/mol. The Bertz CT molecular complexity index is 1430. The first-order valence-electron chi connectivity index (χ1n) is 9.38.